The maximum Gasteiger partial charge on any atom is 0.223 e. The molecule has 2 atom stereocenters. The van der Waals surface area contributed by atoms with Gasteiger partial charge in [0.1, 0.15) is 0 Å². The molecule has 1 amide bonds. The maximum atomic E-state index is 12.3. The number of benzene rings is 1. The third-order valence-electron chi connectivity index (χ3n) is 4.78. The van der Waals surface area contributed by atoms with Crippen molar-refractivity contribution in [2.75, 3.05) is 6.54 Å². The summed E-state index contributed by atoms with van der Waals surface area (Å²) in [5, 5.41) is 1.32. The van der Waals surface area contributed by atoms with Gasteiger partial charge in [0.05, 0.1) is 6.04 Å². The first-order chi connectivity index (χ1) is 9.78. The Balaban J connectivity index is 1.85. The van der Waals surface area contributed by atoms with Gasteiger partial charge >= 0.3 is 0 Å². The minimum atomic E-state index is 0.204. The van der Waals surface area contributed by atoms with Gasteiger partial charge in [-0.05, 0) is 30.4 Å². The molecular formula is C17H18N2O. The number of rotatable bonds is 1. The summed E-state index contributed by atoms with van der Waals surface area (Å²) in [6.07, 6.45) is 4.51. The summed E-state index contributed by atoms with van der Waals surface area (Å²) < 4.78 is 0. The van der Waals surface area contributed by atoms with E-state index >= 15 is 0 Å². The summed E-state index contributed by atoms with van der Waals surface area (Å²) in [7, 11) is 0. The van der Waals surface area contributed by atoms with Crippen LogP contribution in [0.4, 0.5) is 0 Å². The molecule has 4 rings (SSSR count). The number of hydrogen-bond donors (Lipinski definition) is 1. The molecular weight excluding hydrogens is 248 g/mol. The highest BCUT2D eigenvalue weighted by Crippen LogP contribution is 2.41. The summed E-state index contributed by atoms with van der Waals surface area (Å²) in [5.74, 6) is 0.580. The van der Waals surface area contributed by atoms with E-state index in [-0.39, 0.29) is 11.9 Å². The number of aromatic nitrogens is 1. The van der Waals surface area contributed by atoms with Crippen molar-refractivity contribution in [3.8, 4) is 0 Å². The molecule has 1 N–H and O–H groups in total. The Morgan fingerprint density at radius 2 is 2.20 bits per heavy atom. The van der Waals surface area contributed by atoms with Crippen molar-refractivity contribution in [2.24, 2.45) is 5.92 Å². The van der Waals surface area contributed by atoms with Crippen molar-refractivity contribution in [3.63, 3.8) is 0 Å². The molecule has 0 radical (unpaired) electrons. The molecule has 1 fully saturated rings. The summed E-state index contributed by atoms with van der Waals surface area (Å²) in [6, 6.07) is 8.64. The third kappa shape index (κ3) is 1.56. The van der Waals surface area contributed by atoms with Crippen LogP contribution in [0.1, 0.15) is 30.1 Å². The smallest absolute Gasteiger partial charge is 0.223 e. The van der Waals surface area contributed by atoms with E-state index in [1.807, 2.05) is 6.08 Å². The van der Waals surface area contributed by atoms with Gasteiger partial charge in [-0.25, -0.2) is 0 Å². The largest absolute Gasteiger partial charge is 0.356 e. The number of hydrogen-bond acceptors (Lipinski definition) is 1. The standard InChI is InChI=1S/C17H18N2O/c1-2-11-9-15-17-13(7-8-19(15)16(20)10-11)12-5-3-4-6-14(12)18-17/h2-6,11,15,18H,1,7-10H2/t11-,15+/m0/s1. The van der Waals surface area contributed by atoms with E-state index in [1.165, 1.54) is 22.2 Å². The van der Waals surface area contributed by atoms with Crippen molar-refractivity contribution < 1.29 is 4.79 Å². The zero-order chi connectivity index (χ0) is 13.7. The number of H-pyrrole nitrogens is 1. The van der Waals surface area contributed by atoms with Crippen molar-refractivity contribution in [1.82, 2.24) is 9.88 Å². The van der Waals surface area contributed by atoms with Gasteiger partial charge in [-0.3, -0.25) is 4.79 Å². The molecule has 1 saturated heterocycles. The zero-order valence-electron chi connectivity index (χ0n) is 11.4. The molecule has 0 bridgehead atoms. The third-order valence-corrected chi connectivity index (χ3v) is 4.78. The van der Waals surface area contributed by atoms with Crippen molar-refractivity contribution >= 4 is 16.8 Å². The second-order valence-corrected chi connectivity index (χ2v) is 5.85. The summed E-state index contributed by atoms with van der Waals surface area (Å²) >= 11 is 0. The molecule has 2 aliphatic rings. The monoisotopic (exact) mass is 266 g/mol. The van der Waals surface area contributed by atoms with Gasteiger partial charge < -0.3 is 9.88 Å². The van der Waals surface area contributed by atoms with Gasteiger partial charge in [-0.2, -0.15) is 0 Å². The molecule has 0 unspecified atom stereocenters. The van der Waals surface area contributed by atoms with Gasteiger partial charge in [0.2, 0.25) is 5.91 Å². The Bertz CT molecular complexity index is 700. The molecule has 0 saturated carbocycles. The molecule has 3 heterocycles. The number of amides is 1. The van der Waals surface area contributed by atoms with Crippen LogP contribution in [0.2, 0.25) is 0 Å². The SMILES string of the molecule is C=C[C@@H]1CC(=O)N2CCc3c([nH]c4ccccc34)[C@H]2C1. The van der Waals surface area contributed by atoms with Crippen LogP contribution in [0.3, 0.4) is 0 Å². The summed E-state index contributed by atoms with van der Waals surface area (Å²) in [6.45, 7) is 4.72. The lowest BCUT2D eigenvalue weighted by Crippen LogP contribution is -2.44. The second kappa shape index (κ2) is 4.23. The van der Waals surface area contributed by atoms with Crippen molar-refractivity contribution in [1.29, 1.82) is 0 Å². The Labute approximate surface area is 118 Å². The van der Waals surface area contributed by atoms with E-state index in [0.29, 0.717) is 12.3 Å². The first-order valence-corrected chi connectivity index (χ1v) is 7.29. The van der Waals surface area contributed by atoms with Gasteiger partial charge in [0.15, 0.2) is 0 Å². The number of nitrogens with zero attached hydrogens (tertiary/aromatic N) is 1. The molecule has 20 heavy (non-hydrogen) atoms. The predicted octanol–water partition coefficient (Wildman–Crippen LogP) is 3.19. The molecule has 3 heteroatoms. The number of aromatic amines is 1. The first-order valence-electron chi connectivity index (χ1n) is 7.29. The van der Waals surface area contributed by atoms with Crippen molar-refractivity contribution in [3.05, 3.63) is 48.2 Å². The van der Waals surface area contributed by atoms with Gasteiger partial charge in [-0.15, -0.1) is 6.58 Å². The fraction of sp³-hybridized carbons (Fsp3) is 0.353. The molecule has 0 spiro atoms. The Morgan fingerprint density at radius 1 is 1.35 bits per heavy atom. The summed E-state index contributed by atoms with van der Waals surface area (Å²) in [5.41, 5.74) is 3.84. The second-order valence-electron chi connectivity index (χ2n) is 5.85. The van der Waals surface area contributed by atoms with E-state index in [9.17, 15) is 4.79 Å². The lowest BCUT2D eigenvalue weighted by molar-refractivity contribution is -0.138. The lowest BCUT2D eigenvalue weighted by atomic mass is 9.84. The Morgan fingerprint density at radius 3 is 3.05 bits per heavy atom. The highest BCUT2D eigenvalue weighted by atomic mass is 16.2. The van der Waals surface area contributed by atoms with Crippen LogP contribution < -0.4 is 0 Å². The highest BCUT2D eigenvalue weighted by Gasteiger charge is 2.38. The molecule has 3 nitrogen and oxygen atoms in total. The zero-order valence-corrected chi connectivity index (χ0v) is 11.4. The molecule has 0 aliphatic carbocycles. The average molecular weight is 266 g/mol. The number of carbonyl (C=O) groups excluding carboxylic acids is 1. The predicted molar refractivity (Wildman–Crippen MR) is 79.4 cm³/mol. The molecule has 2 aromatic rings. The van der Waals surface area contributed by atoms with Gasteiger partial charge in [-0.1, -0.05) is 24.3 Å². The number of nitrogens with one attached hydrogen (secondary N) is 1. The number of para-hydroxylation sites is 1. The molecule has 1 aromatic carbocycles. The van der Waals surface area contributed by atoms with E-state index in [4.69, 9.17) is 0 Å². The number of piperidine rings is 1. The average Bonchev–Trinajstić information content (AvgIpc) is 2.86. The van der Waals surface area contributed by atoms with Crippen LogP contribution in [-0.2, 0) is 11.2 Å². The van der Waals surface area contributed by atoms with E-state index in [1.54, 1.807) is 0 Å². The normalized spacial score (nSPS) is 25.4. The molecule has 102 valence electrons. The van der Waals surface area contributed by atoms with Crippen LogP contribution in [-0.4, -0.2) is 22.3 Å². The Hall–Kier alpha value is -2.03. The number of carbonyl (C=O) groups is 1. The highest BCUT2D eigenvalue weighted by molar-refractivity contribution is 5.86. The topological polar surface area (TPSA) is 36.1 Å². The lowest BCUT2D eigenvalue weighted by Gasteiger charge is -2.41. The van der Waals surface area contributed by atoms with E-state index in [2.05, 4.69) is 40.7 Å². The van der Waals surface area contributed by atoms with Crippen LogP contribution in [0.5, 0.6) is 0 Å². The fourth-order valence-corrected chi connectivity index (χ4v) is 3.75. The first kappa shape index (κ1) is 11.8. The number of allylic oxidation sites excluding steroid dienone is 1. The van der Waals surface area contributed by atoms with Crippen molar-refractivity contribution in [2.45, 2.75) is 25.3 Å². The van der Waals surface area contributed by atoms with E-state index < -0.39 is 0 Å². The minimum absolute atomic E-state index is 0.204. The van der Waals surface area contributed by atoms with E-state index in [0.717, 1.165) is 19.4 Å². The quantitative estimate of drug-likeness (QED) is 0.791. The van der Waals surface area contributed by atoms with Crippen LogP contribution in [0, 0.1) is 5.92 Å². The number of fused-ring (bicyclic) bond motifs is 5. The van der Waals surface area contributed by atoms with Crippen LogP contribution in [0.25, 0.3) is 10.9 Å². The maximum absolute atomic E-state index is 12.3. The fourth-order valence-electron chi connectivity index (χ4n) is 3.75. The van der Waals surface area contributed by atoms with Crippen LogP contribution in [0.15, 0.2) is 36.9 Å². The van der Waals surface area contributed by atoms with Crippen LogP contribution >= 0.6 is 0 Å². The van der Waals surface area contributed by atoms with Gasteiger partial charge in [0.25, 0.3) is 0 Å². The van der Waals surface area contributed by atoms with Gasteiger partial charge in [0, 0.05) is 29.6 Å². The molecule has 2 aliphatic heterocycles. The minimum Gasteiger partial charge on any atom is -0.356 e. The summed E-state index contributed by atoms with van der Waals surface area (Å²) in [4.78, 5) is 17.9. The molecule has 1 aromatic heterocycles. The Kier molecular flexibility index (Phi) is 2.49.